The molecule has 7 nitrogen and oxygen atoms in total. The van der Waals surface area contributed by atoms with Crippen molar-refractivity contribution in [3.63, 3.8) is 0 Å². The summed E-state index contributed by atoms with van der Waals surface area (Å²) in [6, 6.07) is 8.20. The number of aromatic nitrogens is 6. The van der Waals surface area contributed by atoms with Crippen molar-refractivity contribution < 1.29 is 4.74 Å². The van der Waals surface area contributed by atoms with Gasteiger partial charge in [0, 0.05) is 29.7 Å². The molecule has 0 unspecified atom stereocenters. The first-order valence-electron chi connectivity index (χ1n) is 7.98. The van der Waals surface area contributed by atoms with Gasteiger partial charge in [-0.25, -0.2) is 4.98 Å². The maximum absolute atomic E-state index is 5.39. The van der Waals surface area contributed by atoms with Crippen LogP contribution >= 0.6 is 0 Å². The average Bonchev–Trinajstić information content (AvgIpc) is 3.30. The Morgan fingerprint density at radius 1 is 1.12 bits per heavy atom. The summed E-state index contributed by atoms with van der Waals surface area (Å²) in [4.78, 5) is 7.90. The predicted molar refractivity (Wildman–Crippen MR) is 95.8 cm³/mol. The minimum atomic E-state index is 0.745. The zero-order valence-electron chi connectivity index (χ0n) is 14.1. The molecule has 7 heteroatoms. The first-order chi connectivity index (χ1) is 12.2. The summed E-state index contributed by atoms with van der Waals surface area (Å²) in [5, 5.41) is 9.42. The van der Waals surface area contributed by atoms with Crippen LogP contribution in [0.5, 0.6) is 5.75 Å². The molecule has 0 saturated carbocycles. The van der Waals surface area contributed by atoms with Crippen LogP contribution in [0.2, 0.25) is 0 Å². The third kappa shape index (κ3) is 1.89. The number of hydrogen-bond donors (Lipinski definition) is 1. The highest BCUT2D eigenvalue weighted by Gasteiger charge is 2.15. The van der Waals surface area contributed by atoms with Gasteiger partial charge in [0.1, 0.15) is 11.6 Å². The Labute approximate surface area is 142 Å². The van der Waals surface area contributed by atoms with Crippen LogP contribution in [0.15, 0.2) is 36.7 Å². The molecule has 0 atom stereocenters. The third-order valence-corrected chi connectivity index (χ3v) is 4.66. The molecule has 1 N–H and O–H groups in total. The van der Waals surface area contributed by atoms with Crippen LogP contribution in [-0.2, 0) is 7.05 Å². The highest BCUT2D eigenvalue weighted by atomic mass is 16.5. The number of hydrogen-bond acceptors (Lipinski definition) is 4. The van der Waals surface area contributed by atoms with Crippen molar-refractivity contribution in [3.05, 3.63) is 42.5 Å². The molecule has 5 rings (SSSR count). The van der Waals surface area contributed by atoms with E-state index in [1.54, 1.807) is 13.3 Å². The van der Waals surface area contributed by atoms with Gasteiger partial charge in [-0.2, -0.15) is 0 Å². The van der Waals surface area contributed by atoms with Crippen molar-refractivity contribution in [2.75, 3.05) is 7.11 Å². The standard InChI is InChI=1S/C18H16N6O/c1-10-21-22-17-8-19-18-16(24(10)17)7-14(20-18)13-9-23(2)15-5-4-11(25-3)6-12(13)15/h4-9,20H,1-3H3. The number of benzene rings is 1. The Bertz CT molecular complexity index is 1260. The lowest BCUT2D eigenvalue weighted by Crippen LogP contribution is -1.90. The number of H-pyrrole nitrogens is 1. The van der Waals surface area contributed by atoms with E-state index >= 15 is 0 Å². The van der Waals surface area contributed by atoms with E-state index in [1.807, 2.05) is 24.4 Å². The zero-order valence-corrected chi connectivity index (χ0v) is 14.1. The summed E-state index contributed by atoms with van der Waals surface area (Å²) in [6.45, 7) is 1.94. The molecule has 4 aromatic heterocycles. The van der Waals surface area contributed by atoms with Crippen LogP contribution in [0.1, 0.15) is 5.82 Å². The smallest absolute Gasteiger partial charge is 0.179 e. The van der Waals surface area contributed by atoms with Gasteiger partial charge in [-0.1, -0.05) is 0 Å². The van der Waals surface area contributed by atoms with E-state index in [9.17, 15) is 0 Å². The van der Waals surface area contributed by atoms with Gasteiger partial charge in [0.2, 0.25) is 0 Å². The van der Waals surface area contributed by atoms with Crippen molar-refractivity contribution in [2.24, 2.45) is 7.05 Å². The predicted octanol–water partition coefficient (Wildman–Crippen LogP) is 3.08. The summed E-state index contributed by atoms with van der Waals surface area (Å²) >= 11 is 0. The Balaban J connectivity index is 1.82. The minimum absolute atomic E-state index is 0.745. The Kier molecular flexibility index (Phi) is 2.71. The number of rotatable bonds is 2. The second-order valence-corrected chi connectivity index (χ2v) is 6.15. The second kappa shape index (κ2) is 4.83. The maximum atomic E-state index is 5.39. The highest BCUT2D eigenvalue weighted by molar-refractivity contribution is 5.98. The minimum Gasteiger partial charge on any atom is -0.497 e. The molecular formula is C18H16N6O. The monoisotopic (exact) mass is 332 g/mol. The average molecular weight is 332 g/mol. The molecule has 1 aromatic carbocycles. The number of aromatic amines is 1. The molecule has 0 aliphatic heterocycles. The number of fused-ring (bicyclic) bond motifs is 4. The van der Waals surface area contributed by atoms with E-state index in [1.165, 1.54) is 0 Å². The summed E-state index contributed by atoms with van der Waals surface area (Å²) in [6.07, 6.45) is 3.85. The quantitative estimate of drug-likeness (QED) is 0.539. The lowest BCUT2D eigenvalue weighted by atomic mass is 10.1. The molecule has 0 spiro atoms. The number of nitrogens with one attached hydrogen (secondary N) is 1. The molecule has 124 valence electrons. The lowest BCUT2D eigenvalue weighted by molar-refractivity contribution is 0.415. The molecule has 0 fully saturated rings. The summed E-state index contributed by atoms with van der Waals surface area (Å²) < 4.78 is 9.51. The number of aryl methyl sites for hydroxylation is 2. The summed E-state index contributed by atoms with van der Waals surface area (Å²) in [7, 11) is 3.73. The van der Waals surface area contributed by atoms with Crippen molar-refractivity contribution in [2.45, 2.75) is 6.92 Å². The fourth-order valence-corrected chi connectivity index (χ4v) is 3.44. The molecule has 25 heavy (non-hydrogen) atoms. The van der Waals surface area contributed by atoms with E-state index in [0.29, 0.717) is 0 Å². The molecule has 0 aliphatic rings. The number of methoxy groups -OCH3 is 1. The molecule has 0 aliphatic carbocycles. The Morgan fingerprint density at radius 3 is 2.84 bits per heavy atom. The van der Waals surface area contributed by atoms with E-state index in [2.05, 4.69) is 49.1 Å². The van der Waals surface area contributed by atoms with Crippen molar-refractivity contribution in [3.8, 4) is 17.0 Å². The van der Waals surface area contributed by atoms with E-state index in [4.69, 9.17) is 4.74 Å². The van der Waals surface area contributed by atoms with Gasteiger partial charge >= 0.3 is 0 Å². The molecular weight excluding hydrogens is 316 g/mol. The largest absolute Gasteiger partial charge is 0.497 e. The van der Waals surface area contributed by atoms with Crippen LogP contribution in [0.25, 0.3) is 39.0 Å². The zero-order chi connectivity index (χ0) is 17.1. The SMILES string of the molecule is COc1ccc2c(c1)c(-c1cc3c(ncc4nnc(C)n43)[nH]1)cn2C. The second-order valence-electron chi connectivity index (χ2n) is 6.15. The molecule has 4 heterocycles. The van der Waals surface area contributed by atoms with Gasteiger partial charge in [-0.05, 0) is 31.2 Å². The molecule has 0 bridgehead atoms. The van der Waals surface area contributed by atoms with Gasteiger partial charge < -0.3 is 14.3 Å². The van der Waals surface area contributed by atoms with Crippen LogP contribution in [-0.4, -0.2) is 36.2 Å². The Morgan fingerprint density at radius 2 is 2.00 bits per heavy atom. The van der Waals surface area contributed by atoms with Crippen molar-refractivity contribution in [1.29, 1.82) is 0 Å². The Hall–Kier alpha value is -3.35. The number of nitrogens with zero attached hydrogens (tertiary/aromatic N) is 5. The van der Waals surface area contributed by atoms with Crippen molar-refractivity contribution >= 4 is 27.7 Å². The molecule has 0 amide bonds. The van der Waals surface area contributed by atoms with Crippen LogP contribution < -0.4 is 4.74 Å². The van der Waals surface area contributed by atoms with E-state index < -0.39 is 0 Å². The normalized spacial score (nSPS) is 11.8. The highest BCUT2D eigenvalue weighted by Crippen LogP contribution is 2.33. The summed E-state index contributed by atoms with van der Waals surface area (Å²) in [5.74, 6) is 1.68. The number of ether oxygens (including phenoxy) is 1. The van der Waals surface area contributed by atoms with Gasteiger partial charge in [0.25, 0.3) is 0 Å². The molecule has 0 saturated heterocycles. The van der Waals surface area contributed by atoms with Gasteiger partial charge in [0.15, 0.2) is 11.3 Å². The van der Waals surface area contributed by atoms with Gasteiger partial charge in [-0.15, -0.1) is 10.2 Å². The fraction of sp³-hybridized carbons (Fsp3) is 0.167. The van der Waals surface area contributed by atoms with Gasteiger partial charge in [0.05, 0.1) is 24.5 Å². The van der Waals surface area contributed by atoms with Crippen LogP contribution in [0.3, 0.4) is 0 Å². The topological polar surface area (TPSA) is 73.0 Å². The first kappa shape index (κ1) is 14.0. The van der Waals surface area contributed by atoms with Crippen molar-refractivity contribution in [1.82, 2.24) is 29.1 Å². The van der Waals surface area contributed by atoms with Crippen LogP contribution in [0.4, 0.5) is 0 Å². The van der Waals surface area contributed by atoms with E-state index in [-0.39, 0.29) is 0 Å². The molecule has 5 aromatic rings. The van der Waals surface area contributed by atoms with Crippen LogP contribution in [0, 0.1) is 6.92 Å². The summed E-state index contributed by atoms with van der Waals surface area (Å²) in [5.41, 5.74) is 5.78. The van der Waals surface area contributed by atoms with E-state index in [0.717, 1.165) is 50.5 Å². The van der Waals surface area contributed by atoms with Gasteiger partial charge in [-0.3, -0.25) is 4.40 Å². The molecule has 0 radical (unpaired) electrons. The maximum Gasteiger partial charge on any atom is 0.179 e. The fourth-order valence-electron chi connectivity index (χ4n) is 3.44. The first-order valence-corrected chi connectivity index (χ1v) is 7.98. The lowest BCUT2D eigenvalue weighted by Gasteiger charge is -2.01. The third-order valence-electron chi connectivity index (χ3n) is 4.66.